The molecule has 0 saturated heterocycles. The number of fused-ring (bicyclic) bond motifs is 1. The Morgan fingerprint density at radius 2 is 2.13 bits per heavy atom. The topological polar surface area (TPSA) is 20.2 Å². The van der Waals surface area contributed by atoms with Crippen LogP contribution in [0.5, 0.6) is 5.75 Å². The van der Waals surface area contributed by atoms with Crippen molar-refractivity contribution < 1.29 is 5.11 Å². The van der Waals surface area contributed by atoms with E-state index >= 15 is 0 Å². The molecule has 78 valence electrons. The summed E-state index contributed by atoms with van der Waals surface area (Å²) < 4.78 is 0. The summed E-state index contributed by atoms with van der Waals surface area (Å²) in [5.74, 6) is 1.65. The number of hydrogen-bond acceptors (Lipinski definition) is 1. The van der Waals surface area contributed by atoms with Gasteiger partial charge in [-0.25, -0.2) is 0 Å². The maximum atomic E-state index is 10.2. The molecule has 2 aliphatic carbocycles. The first-order chi connectivity index (χ1) is 7.18. The molecule has 1 N–H and O–H groups in total. The molecule has 0 aromatic heterocycles. The van der Waals surface area contributed by atoms with Crippen LogP contribution in [-0.2, 0) is 6.42 Å². The van der Waals surface area contributed by atoms with E-state index in [-0.39, 0.29) is 0 Å². The Morgan fingerprint density at radius 1 is 1.40 bits per heavy atom. The van der Waals surface area contributed by atoms with Gasteiger partial charge in [0, 0.05) is 11.1 Å². The monoisotopic (exact) mass is 200 g/mol. The molecule has 0 aliphatic heterocycles. The minimum atomic E-state index is 0.503. The maximum absolute atomic E-state index is 10.2. The van der Waals surface area contributed by atoms with Gasteiger partial charge < -0.3 is 5.11 Å². The molecule has 0 spiro atoms. The maximum Gasteiger partial charge on any atom is 0.126 e. The van der Waals surface area contributed by atoms with E-state index in [4.69, 9.17) is 0 Å². The van der Waals surface area contributed by atoms with E-state index in [1.807, 2.05) is 6.07 Å². The quantitative estimate of drug-likeness (QED) is 0.775. The zero-order chi connectivity index (χ0) is 10.6. The first-order valence-electron chi connectivity index (χ1n) is 5.72. The highest BCUT2D eigenvalue weighted by Crippen LogP contribution is 2.48. The van der Waals surface area contributed by atoms with Gasteiger partial charge in [0.15, 0.2) is 0 Å². The van der Waals surface area contributed by atoms with E-state index in [1.165, 1.54) is 18.4 Å². The van der Waals surface area contributed by atoms with Crippen LogP contribution in [0.3, 0.4) is 0 Å². The minimum Gasteiger partial charge on any atom is -0.507 e. The molecule has 1 atom stereocenters. The summed E-state index contributed by atoms with van der Waals surface area (Å²) in [5.41, 5.74) is 4.60. The highest BCUT2D eigenvalue weighted by Gasteiger charge is 2.31. The van der Waals surface area contributed by atoms with Gasteiger partial charge in [-0.15, -0.1) is 0 Å². The molecule has 0 bridgehead atoms. The van der Waals surface area contributed by atoms with Gasteiger partial charge in [-0.3, -0.25) is 0 Å². The fourth-order valence-electron chi connectivity index (χ4n) is 2.59. The van der Waals surface area contributed by atoms with Crippen molar-refractivity contribution in [3.8, 4) is 5.75 Å². The first kappa shape index (κ1) is 9.02. The van der Waals surface area contributed by atoms with Crippen LogP contribution in [0.2, 0.25) is 0 Å². The lowest BCUT2D eigenvalue weighted by Crippen LogP contribution is -2.14. The highest BCUT2D eigenvalue weighted by atomic mass is 16.3. The van der Waals surface area contributed by atoms with Gasteiger partial charge >= 0.3 is 0 Å². The molecule has 0 amide bonds. The number of allylic oxidation sites excluding steroid dienone is 1. The second kappa shape index (κ2) is 2.88. The van der Waals surface area contributed by atoms with Crippen LogP contribution in [0.1, 0.15) is 42.4 Å². The van der Waals surface area contributed by atoms with E-state index in [0.717, 1.165) is 23.1 Å². The van der Waals surface area contributed by atoms with Crippen molar-refractivity contribution in [3.05, 3.63) is 35.4 Å². The second-order valence-corrected chi connectivity index (χ2v) is 4.94. The molecular formula is C14H16O. The van der Waals surface area contributed by atoms with Gasteiger partial charge in [-0.1, -0.05) is 25.6 Å². The van der Waals surface area contributed by atoms with Crippen LogP contribution in [-0.4, -0.2) is 5.11 Å². The first-order valence-corrected chi connectivity index (χ1v) is 5.72. The predicted molar refractivity (Wildman–Crippen MR) is 62.0 cm³/mol. The van der Waals surface area contributed by atoms with E-state index in [9.17, 15) is 5.11 Å². The van der Waals surface area contributed by atoms with Crippen molar-refractivity contribution in [2.75, 3.05) is 0 Å². The van der Waals surface area contributed by atoms with E-state index in [0.29, 0.717) is 17.6 Å². The van der Waals surface area contributed by atoms with Crippen LogP contribution >= 0.6 is 0 Å². The molecule has 0 radical (unpaired) electrons. The zero-order valence-electron chi connectivity index (χ0n) is 9.09. The van der Waals surface area contributed by atoms with Crippen molar-refractivity contribution in [3.63, 3.8) is 0 Å². The van der Waals surface area contributed by atoms with Crippen LogP contribution in [0.25, 0.3) is 5.57 Å². The van der Waals surface area contributed by atoms with Crippen LogP contribution < -0.4 is 0 Å². The molecule has 2 aliphatic rings. The Morgan fingerprint density at radius 3 is 2.73 bits per heavy atom. The molecule has 0 heterocycles. The third-order valence-corrected chi connectivity index (χ3v) is 3.74. The summed E-state index contributed by atoms with van der Waals surface area (Å²) >= 11 is 0. The lowest BCUT2D eigenvalue weighted by molar-refractivity contribution is 0.449. The number of phenolic OH excluding ortho intramolecular Hbond substituents is 1. The van der Waals surface area contributed by atoms with E-state index < -0.39 is 0 Å². The van der Waals surface area contributed by atoms with Gasteiger partial charge in [0.25, 0.3) is 0 Å². The van der Waals surface area contributed by atoms with Crippen molar-refractivity contribution in [1.29, 1.82) is 0 Å². The van der Waals surface area contributed by atoms with Gasteiger partial charge in [-0.2, -0.15) is 0 Å². The number of rotatable bonds is 2. The van der Waals surface area contributed by atoms with E-state index in [2.05, 4.69) is 19.6 Å². The average molecular weight is 200 g/mol. The summed E-state index contributed by atoms with van der Waals surface area (Å²) in [7, 11) is 0. The Balaban J connectivity index is 2.05. The number of aromatic hydroxyl groups is 1. The Kier molecular flexibility index (Phi) is 1.73. The largest absolute Gasteiger partial charge is 0.507 e. The molecule has 3 rings (SSSR count). The summed E-state index contributed by atoms with van der Waals surface area (Å²) in [4.78, 5) is 0. The average Bonchev–Trinajstić information content (AvgIpc) is 2.98. The van der Waals surface area contributed by atoms with Gasteiger partial charge in [0.1, 0.15) is 5.75 Å². The number of hydrogen-bond donors (Lipinski definition) is 1. The van der Waals surface area contributed by atoms with Gasteiger partial charge in [0.05, 0.1) is 0 Å². The molecule has 1 fully saturated rings. The summed E-state index contributed by atoms with van der Waals surface area (Å²) in [6.07, 6.45) is 3.59. The number of phenols is 1. The SMILES string of the molecule is C=C(c1ccc2c(c1O)C(C)C2)C1CC1. The fourth-order valence-corrected chi connectivity index (χ4v) is 2.59. The standard InChI is InChI=1S/C14H16O/c1-8-7-11-5-6-12(14(15)13(8)11)9(2)10-3-4-10/h5-6,8,10,15H,2-4,7H2,1H3. The van der Waals surface area contributed by atoms with E-state index in [1.54, 1.807) is 0 Å². The molecule has 1 nitrogen and oxygen atoms in total. The van der Waals surface area contributed by atoms with Crippen LogP contribution in [0.15, 0.2) is 18.7 Å². The molecular weight excluding hydrogens is 184 g/mol. The van der Waals surface area contributed by atoms with Crippen LogP contribution in [0, 0.1) is 5.92 Å². The van der Waals surface area contributed by atoms with Crippen molar-refractivity contribution >= 4 is 5.57 Å². The molecule has 1 aromatic carbocycles. The predicted octanol–water partition coefficient (Wildman–Crippen LogP) is 3.48. The molecule has 1 heteroatoms. The molecule has 1 aromatic rings. The molecule has 15 heavy (non-hydrogen) atoms. The smallest absolute Gasteiger partial charge is 0.126 e. The summed E-state index contributed by atoms with van der Waals surface area (Å²) in [6, 6.07) is 4.19. The Labute approximate surface area is 90.4 Å². The fraction of sp³-hybridized carbons (Fsp3) is 0.429. The zero-order valence-corrected chi connectivity index (χ0v) is 9.09. The molecule has 1 saturated carbocycles. The van der Waals surface area contributed by atoms with Gasteiger partial charge in [-0.05, 0) is 42.2 Å². The normalized spacial score (nSPS) is 23.1. The Hall–Kier alpha value is -1.24. The van der Waals surface area contributed by atoms with Crippen molar-refractivity contribution in [1.82, 2.24) is 0 Å². The third kappa shape index (κ3) is 1.22. The van der Waals surface area contributed by atoms with Crippen molar-refractivity contribution in [2.24, 2.45) is 5.92 Å². The summed E-state index contributed by atoms with van der Waals surface area (Å²) in [5, 5.41) is 10.2. The Bertz CT molecular complexity index is 441. The lowest BCUT2D eigenvalue weighted by Gasteiger charge is -2.29. The third-order valence-electron chi connectivity index (χ3n) is 3.74. The van der Waals surface area contributed by atoms with Gasteiger partial charge in [0.2, 0.25) is 0 Å². The minimum absolute atomic E-state index is 0.503. The molecule has 1 unspecified atom stereocenters. The number of benzene rings is 1. The van der Waals surface area contributed by atoms with Crippen LogP contribution in [0.4, 0.5) is 0 Å². The van der Waals surface area contributed by atoms with Crippen molar-refractivity contribution in [2.45, 2.75) is 32.1 Å². The lowest BCUT2D eigenvalue weighted by atomic mass is 9.76. The summed E-state index contributed by atoms with van der Waals surface area (Å²) in [6.45, 7) is 6.28. The highest BCUT2D eigenvalue weighted by molar-refractivity contribution is 5.74. The second-order valence-electron chi connectivity index (χ2n) is 4.94.